The number of hydrogen-bond donors (Lipinski definition) is 1. The molecule has 0 spiro atoms. The third kappa shape index (κ3) is 8.20. The van der Waals surface area contributed by atoms with Gasteiger partial charge in [-0.2, -0.15) is 0 Å². The Hall–Kier alpha value is 0.440. The molecule has 0 aromatic heterocycles. The van der Waals surface area contributed by atoms with E-state index in [0.29, 0.717) is 4.32 Å². The van der Waals surface area contributed by atoms with Gasteiger partial charge < -0.3 is 6.15 Å². The van der Waals surface area contributed by atoms with Crippen LogP contribution in [-0.2, 0) is 0 Å². The molecule has 3 N–H and O–H groups in total. The molecule has 1 unspecified atom stereocenters. The monoisotopic (exact) mass is 307 g/mol. The van der Waals surface area contributed by atoms with Gasteiger partial charge in [-0.25, -0.2) is 0 Å². The fourth-order valence-corrected chi connectivity index (χ4v) is 3.12. The summed E-state index contributed by atoms with van der Waals surface area (Å²) in [6.07, 6.45) is 12.2. The highest BCUT2D eigenvalue weighted by Crippen LogP contribution is 2.40. The number of alkyl halides is 1. The lowest BCUT2D eigenvalue weighted by Gasteiger charge is -2.34. The SMILES string of the molecule is CCCCC(C)C(Br)(CCCC)CCCC.N. The molecule has 1 atom stereocenters. The van der Waals surface area contributed by atoms with E-state index in [4.69, 9.17) is 0 Å². The zero-order valence-corrected chi connectivity index (χ0v) is 14.1. The first-order valence-corrected chi connectivity index (χ1v) is 8.08. The minimum absolute atomic E-state index is 0. The van der Waals surface area contributed by atoms with Gasteiger partial charge in [0.2, 0.25) is 0 Å². The van der Waals surface area contributed by atoms with Gasteiger partial charge in [-0.3, -0.25) is 0 Å². The summed E-state index contributed by atoms with van der Waals surface area (Å²) in [5, 5.41) is 0. The lowest BCUT2D eigenvalue weighted by molar-refractivity contribution is 0.327. The summed E-state index contributed by atoms with van der Waals surface area (Å²) in [6, 6.07) is 0. The Bertz CT molecular complexity index is 151. The van der Waals surface area contributed by atoms with Crippen LogP contribution in [0.25, 0.3) is 0 Å². The minimum atomic E-state index is 0. The number of halogens is 1. The van der Waals surface area contributed by atoms with E-state index in [0.717, 1.165) is 5.92 Å². The summed E-state index contributed by atoms with van der Waals surface area (Å²) in [4.78, 5) is 0. The molecule has 1 nitrogen and oxygen atoms in total. The predicted molar refractivity (Wildman–Crippen MR) is 84.4 cm³/mol. The van der Waals surface area contributed by atoms with E-state index in [1.807, 2.05) is 0 Å². The molecule has 0 aromatic rings. The molecule has 0 aliphatic carbocycles. The first kappa shape index (κ1) is 19.8. The summed E-state index contributed by atoms with van der Waals surface area (Å²) >= 11 is 4.08. The van der Waals surface area contributed by atoms with Crippen LogP contribution in [0.2, 0.25) is 0 Å². The van der Waals surface area contributed by atoms with E-state index in [-0.39, 0.29) is 6.15 Å². The molecule has 17 heavy (non-hydrogen) atoms. The molecule has 0 heterocycles. The molecular weight excluding hydrogens is 274 g/mol. The predicted octanol–water partition coefficient (Wildman–Crippen LogP) is 6.49. The summed E-state index contributed by atoms with van der Waals surface area (Å²) < 4.78 is 0.425. The average Bonchev–Trinajstić information content (AvgIpc) is 2.30. The molecule has 0 saturated carbocycles. The maximum Gasteiger partial charge on any atom is 0.0283 e. The molecule has 0 radical (unpaired) electrons. The number of hydrogen-bond acceptors (Lipinski definition) is 1. The third-order valence-corrected chi connectivity index (χ3v) is 5.34. The molecule has 0 aliphatic heterocycles. The Balaban J connectivity index is 0. The van der Waals surface area contributed by atoms with Crippen molar-refractivity contribution in [3.05, 3.63) is 0 Å². The Morgan fingerprint density at radius 1 is 0.882 bits per heavy atom. The second-order valence-electron chi connectivity index (χ2n) is 5.29. The number of unbranched alkanes of at least 4 members (excludes halogenated alkanes) is 3. The van der Waals surface area contributed by atoms with Crippen molar-refractivity contribution in [3.63, 3.8) is 0 Å². The first-order valence-electron chi connectivity index (χ1n) is 7.29. The molecule has 0 saturated heterocycles. The van der Waals surface area contributed by atoms with Crippen LogP contribution in [-0.4, -0.2) is 4.32 Å². The second-order valence-corrected chi connectivity index (χ2v) is 6.86. The van der Waals surface area contributed by atoms with Crippen molar-refractivity contribution in [3.8, 4) is 0 Å². The highest BCUT2D eigenvalue weighted by atomic mass is 79.9. The van der Waals surface area contributed by atoms with Gasteiger partial charge in [0, 0.05) is 4.32 Å². The third-order valence-electron chi connectivity index (χ3n) is 3.77. The smallest absolute Gasteiger partial charge is 0.0283 e. The highest BCUT2D eigenvalue weighted by Gasteiger charge is 2.31. The van der Waals surface area contributed by atoms with Crippen LogP contribution in [0.5, 0.6) is 0 Å². The molecule has 0 aliphatic rings. The molecule has 106 valence electrons. The summed E-state index contributed by atoms with van der Waals surface area (Å²) in [5.41, 5.74) is 0. The lowest BCUT2D eigenvalue weighted by Crippen LogP contribution is -2.29. The van der Waals surface area contributed by atoms with Gasteiger partial charge in [0.15, 0.2) is 0 Å². The topological polar surface area (TPSA) is 35.0 Å². The Kier molecular flexibility index (Phi) is 13.4. The van der Waals surface area contributed by atoms with E-state index in [2.05, 4.69) is 43.6 Å². The number of rotatable bonds is 10. The highest BCUT2D eigenvalue weighted by molar-refractivity contribution is 9.10. The first-order chi connectivity index (χ1) is 7.60. The molecule has 0 bridgehead atoms. The molecule has 0 amide bonds. The van der Waals surface area contributed by atoms with Crippen molar-refractivity contribution in [2.24, 2.45) is 5.92 Å². The quantitative estimate of drug-likeness (QED) is 0.460. The molecule has 0 fully saturated rings. The Morgan fingerprint density at radius 3 is 1.65 bits per heavy atom. The van der Waals surface area contributed by atoms with Crippen molar-refractivity contribution in [2.75, 3.05) is 0 Å². The maximum atomic E-state index is 4.08. The van der Waals surface area contributed by atoms with Crippen molar-refractivity contribution in [1.82, 2.24) is 6.15 Å². The van der Waals surface area contributed by atoms with Gasteiger partial charge in [0.25, 0.3) is 0 Å². The van der Waals surface area contributed by atoms with Gasteiger partial charge in [-0.05, 0) is 25.2 Å². The molecular formula is C15H34BrN. The van der Waals surface area contributed by atoms with Gasteiger partial charge in [0.1, 0.15) is 0 Å². The normalized spacial score (nSPS) is 13.2. The van der Waals surface area contributed by atoms with E-state index >= 15 is 0 Å². The fourth-order valence-electron chi connectivity index (χ4n) is 2.33. The van der Waals surface area contributed by atoms with Crippen LogP contribution in [0.3, 0.4) is 0 Å². The standard InChI is InChI=1S/C15H31Br.H3N/c1-5-8-11-14(4)15(16,12-9-6-2)13-10-7-3;/h14H,5-13H2,1-4H3;1H3. The second kappa shape index (κ2) is 11.5. The largest absolute Gasteiger partial charge is 0.344 e. The Labute approximate surface area is 118 Å². The van der Waals surface area contributed by atoms with Crippen molar-refractivity contribution in [1.29, 1.82) is 0 Å². The van der Waals surface area contributed by atoms with Gasteiger partial charge >= 0.3 is 0 Å². The van der Waals surface area contributed by atoms with Crippen LogP contribution >= 0.6 is 15.9 Å². The average molecular weight is 308 g/mol. The summed E-state index contributed by atoms with van der Waals surface area (Å²) in [5.74, 6) is 0.825. The van der Waals surface area contributed by atoms with E-state index in [9.17, 15) is 0 Å². The zero-order chi connectivity index (χ0) is 12.4. The molecule has 0 aromatic carbocycles. The minimum Gasteiger partial charge on any atom is -0.344 e. The lowest BCUT2D eigenvalue weighted by atomic mass is 9.82. The van der Waals surface area contributed by atoms with Crippen LogP contribution in [0.15, 0.2) is 0 Å². The Morgan fingerprint density at radius 2 is 1.29 bits per heavy atom. The molecule has 0 rings (SSSR count). The van der Waals surface area contributed by atoms with Crippen LogP contribution in [0, 0.1) is 5.92 Å². The van der Waals surface area contributed by atoms with E-state index < -0.39 is 0 Å². The molecule has 2 heteroatoms. The maximum absolute atomic E-state index is 4.08. The van der Waals surface area contributed by atoms with Gasteiger partial charge in [-0.1, -0.05) is 82.1 Å². The van der Waals surface area contributed by atoms with Crippen LogP contribution in [0.1, 0.15) is 85.5 Å². The zero-order valence-electron chi connectivity index (χ0n) is 12.5. The summed E-state index contributed by atoms with van der Waals surface area (Å²) in [7, 11) is 0. The summed E-state index contributed by atoms with van der Waals surface area (Å²) in [6.45, 7) is 9.32. The van der Waals surface area contributed by atoms with Crippen molar-refractivity contribution in [2.45, 2.75) is 89.8 Å². The van der Waals surface area contributed by atoms with Gasteiger partial charge in [-0.15, -0.1) is 0 Å². The van der Waals surface area contributed by atoms with Crippen LogP contribution in [0.4, 0.5) is 0 Å². The van der Waals surface area contributed by atoms with E-state index in [1.54, 1.807) is 0 Å². The van der Waals surface area contributed by atoms with Crippen molar-refractivity contribution >= 4 is 15.9 Å². The fraction of sp³-hybridized carbons (Fsp3) is 1.00. The van der Waals surface area contributed by atoms with Crippen molar-refractivity contribution < 1.29 is 0 Å². The van der Waals surface area contributed by atoms with Gasteiger partial charge in [0.05, 0.1) is 0 Å². The van der Waals surface area contributed by atoms with E-state index in [1.165, 1.54) is 57.8 Å². The van der Waals surface area contributed by atoms with Crippen LogP contribution < -0.4 is 6.15 Å².